The first-order chi connectivity index (χ1) is 29.3. The van der Waals surface area contributed by atoms with Crippen LogP contribution in [-0.2, 0) is 9.59 Å². The van der Waals surface area contributed by atoms with E-state index in [1.54, 1.807) is 0 Å². The Kier molecular flexibility index (Phi) is 58.4. The van der Waals surface area contributed by atoms with Gasteiger partial charge in [-0.3, -0.25) is 0 Å². The Hall–Kier alpha value is 0.120. The number of carboxylic acid groups (broad SMARTS) is 2. The molecule has 0 saturated heterocycles. The number of rotatable bonds is 48. The zero-order valence-electron chi connectivity index (χ0n) is 42.5. The van der Waals surface area contributed by atoms with Gasteiger partial charge in [-0.2, -0.15) is 0 Å². The van der Waals surface area contributed by atoms with E-state index in [0.717, 1.165) is 38.5 Å². The number of carboxylic acids is 2. The van der Waals surface area contributed by atoms with Gasteiger partial charge in [0.05, 0.1) is 0 Å². The summed E-state index contributed by atoms with van der Waals surface area (Å²) in [4.78, 5) is 26.9. The van der Waals surface area contributed by atoms with Gasteiger partial charge < -0.3 is 29.6 Å². The first-order valence-corrected chi connectivity index (χ1v) is 27.2. The fraction of sp³-hybridized carbons (Fsp3) is 0.963. The molecule has 61 heavy (non-hydrogen) atoms. The van der Waals surface area contributed by atoms with Gasteiger partial charge in [-0.25, -0.2) is 0 Å². The van der Waals surface area contributed by atoms with Crippen LogP contribution in [0.25, 0.3) is 0 Å². The summed E-state index contributed by atoms with van der Waals surface area (Å²) in [6, 6.07) is 1.08. The van der Waals surface area contributed by atoms with E-state index in [9.17, 15) is 19.8 Å². The van der Waals surface area contributed by atoms with E-state index in [1.807, 2.05) is 0 Å². The summed E-state index contributed by atoms with van der Waals surface area (Å²) >= 11 is 0. The van der Waals surface area contributed by atoms with E-state index in [1.165, 1.54) is 232 Å². The largest absolute Gasteiger partial charge is 2.00 e. The molecule has 0 rings (SSSR count). The molecule has 0 aromatic carbocycles. The Labute approximate surface area is 413 Å². The van der Waals surface area contributed by atoms with Crippen LogP contribution in [0.3, 0.4) is 0 Å². The fourth-order valence-electron chi connectivity index (χ4n) is 9.00. The van der Waals surface area contributed by atoms with Gasteiger partial charge in [0.15, 0.2) is 0 Å². The molecule has 0 bridgehead atoms. The van der Waals surface area contributed by atoms with Crippen molar-refractivity contribution in [2.45, 2.75) is 310 Å². The first-order valence-electron chi connectivity index (χ1n) is 27.2. The first kappa shape index (κ1) is 65.4. The SMILES string of the molecule is CCCCCCCCCCN(CCCCCCCCCC)C(CC)CCCC(=O)[O-].CCCCCCCCCCN(CCCCCCCCCC)C(CC)CCCC(=O)[O-].[Ca+2]. The zero-order valence-corrected chi connectivity index (χ0v) is 44.7. The standard InChI is InChI=1S/2C27H55NO2.Ca/c2*1-4-7-9-11-13-15-17-19-24-28(26(6-3)22-21-23-27(29)30)25-20-18-16-14-12-10-8-5-2;/h2*26H,4-25H2,1-3H3,(H,29,30);/q;;+2/p-2. The van der Waals surface area contributed by atoms with Crippen LogP contribution in [0.2, 0.25) is 0 Å². The minimum absolute atomic E-state index is 0. The average Bonchev–Trinajstić information content (AvgIpc) is 3.23. The third kappa shape index (κ3) is 49.4. The van der Waals surface area contributed by atoms with Gasteiger partial charge in [-0.05, 0) is 103 Å². The third-order valence-corrected chi connectivity index (χ3v) is 13.0. The van der Waals surface area contributed by atoms with Crippen molar-refractivity contribution in [2.24, 2.45) is 0 Å². The van der Waals surface area contributed by atoms with Gasteiger partial charge in [-0.15, -0.1) is 0 Å². The number of carbonyl (C=O) groups is 2. The minimum atomic E-state index is -0.900. The van der Waals surface area contributed by atoms with Crippen LogP contribution in [0, 0.1) is 0 Å². The van der Waals surface area contributed by atoms with E-state index in [2.05, 4.69) is 51.3 Å². The molecule has 0 aliphatic heterocycles. The van der Waals surface area contributed by atoms with Crippen molar-refractivity contribution in [2.75, 3.05) is 26.2 Å². The number of nitrogens with zero attached hydrogens (tertiary/aromatic N) is 2. The van der Waals surface area contributed by atoms with E-state index < -0.39 is 11.9 Å². The van der Waals surface area contributed by atoms with Crippen molar-refractivity contribution < 1.29 is 19.8 Å². The molecular weight excluding hydrogens is 781 g/mol. The number of unbranched alkanes of at least 4 members (excludes halogenated alkanes) is 28. The summed E-state index contributed by atoms with van der Waals surface area (Å²) in [5.74, 6) is -1.80. The Balaban J connectivity index is -0.00000109. The van der Waals surface area contributed by atoms with Gasteiger partial charge in [0.2, 0.25) is 0 Å². The van der Waals surface area contributed by atoms with Crippen LogP contribution >= 0.6 is 0 Å². The van der Waals surface area contributed by atoms with Gasteiger partial charge in [-0.1, -0.05) is 221 Å². The van der Waals surface area contributed by atoms with Crippen molar-refractivity contribution >= 4 is 49.7 Å². The van der Waals surface area contributed by atoms with Crippen LogP contribution in [0.4, 0.5) is 0 Å². The summed E-state index contributed by atoms with van der Waals surface area (Å²) in [7, 11) is 0. The summed E-state index contributed by atoms with van der Waals surface area (Å²) in [6.45, 7) is 18.4. The monoisotopic (exact) mass is 889 g/mol. The maximum Gasteiger partial charge on any atom is 2.00 e. The molecule has 0 N–H and O–H groups in total. The number of hydrogen-bond acceptors (Lipinski definition) is 6. The second kappa shape index (κ2) is 54.5. The second-order valence-corrected chi connectivity index (χ2v) is 18.6. The molecule has 0 radical (unpaired) electrons. The fourth-order valence-corrected chi connectivity index (χ4v) is 9.00. The Morgan fingerprint density at radius 1 is 0.328 bits per heavy atom. The smallest absolute Gasteiger partial charge is 0.550 e. The van der Waals surface area contributed by atoms with Crippen LogP contribution in [0.15, 0.2) is 0 Å². The molecule has 0 aromatic heterocycles. The summed E-state index contributed by atoms with van der Waals surface area (Å²) < 4.78 is 0. The number of hydrogen-bond donors (Lipinski definition) is 0. The van der Waals surface area contributed by atoms with E-state index >= 15 is 0 Å². The molecule has 0 fully saturated rings. The Morgan fingerprint density at radius 2 is 0.525 bits per heavy atom. The van der Waals surface area contributed by atoms with Gasteiger partial charge in [0.1, 0.15) is 0 Å². The third-order valence-electron chi connectivity index (χ3n) is 13.0. The molecule has 7 heteroatoms. The molecule has 2 atom stereocenters. The predicted octanol–water partition coefficient (Wildman–Crippen LogP) is 14.2. The van der Waals surface area contributed by atoms with Crippen LogP contribution in [0.1, 0.15) is 298 Å². The summed E-state index contributed by atoms with van der Waals surface area (Å²) in [5, 5.41) is 21.6. The zero-order chi connectivity index (χ0) is 44.6. The van der Waals surface area contributed by atoms with Crippen molar-refractivity contribution in [3.8, 4) is 0 Å². The van der Waals surface area contributed by atoms with Crippen molar-refractivity contribution in [3.05, 3.63) is 0 Å². The predicted molar refractivity (Wildman–Crippen MR) is 265 cm³/mol. The van der Waals surface area contributed by atoms with Crippen molar-refractivity contribution in [1.82, 2.24) is 9.80 Å². The van der Waals surface area contributed by atoms with Crippen LogP contribution in [0.5, 0.6) is 0 Å². The van der Waals surface area contributed by atoms with Gasteiger partial charge in [0, 0.05) is 24.0 Å². The molecule has 0 aliphatic carbocycles. The Bertz CT molecular complexity index is 753. The van der Waals surface area contributed by atoms with E-state index in [4.69, 9.17) is 0 Å². The number of carbonyl (C=O) groups excluding carboxylic acids is 2. The van der Waals surface area contributed by atoms with E-state index in [0.29, 0.717) is 12.1 Å². The molecule has 0 amide bonds. The second-order valence-electron chi connectivity index (χ2n) is 18.6. The summed E-state index contributed by atoms with van der Waals surface area (Å²) in [5.41, 5.74) is 0. The minimum Gasteiger partial charge on any atom is -0.550 e. The van der Waals surface area contributed by atoms with Crippen LogP contribution < -0.4 is 10.2 Å². The molecule has 0 spiro atoms. The van der Waals surface area contributed by atoms with Crippen LogP contribution in [-0.4, -0.2) is 97.7 Å². The quantitative estimate of drug-likeness (QED) is 0.0447. The molecule has 0 aromatic rings. The normalized spacial score (nSPS) is 12.3. The maximum absolute atomic E-state index is 10.8. The Morgan fingerprint density at radius 3 is 0.705 bits per heavy atom. The molecule has 0 aliphatic rings. The molecule has 0 heterocycles. The molecule has 6 nitrogen and oxygen atoms in total. The maximum atomic E-state index is 10.8. The van der Waals surface area contributed by atoms with Crippen molar-refractivity contribution in [1.29, 1.82) is 0 Å². The van der Waals surface area contributed by atoms with Crippen molar-refractivity contribution in [3.63, 3.8) is 0 Å². The van der Waals surface area contributed by atoms with Gasteiger partial charge in [0.25, 0.3) is 0 Å². The van der Waals surface area contributed by atoms with E-state index in [-0.39, 0.29) is 50.6 Å². The molecule has 360 valence electrons. The number of aliphatic carboxylic acids is 2. The molecule has 2 unspecified atom stereocenters. The summed E-state index contributed by atoms with van der Waals surface area (Å²) in [6.07, 6.45) is 49.8. The topological polar surface area (TPSA) is 86.7 Å². The molecular formula is C54H108CaN2O4. The van der Waals surface area contributed by atoms with Gasteiger partial charge >= 0.3 is 37.7 Å². The average molecular weight is 890 g/mol. The molecule has 0 saturated carbocycles.